The molecule has 334 valence electrons. The molecule has 0 unspecified atom stereocenters. The minimum atomic E-state index is -1.27. The maximum atomic E-state index is 12.5. The van der Waals surface area contributed by atoms with E-state index in [1.165, 1.54) is 28.6 Å². The fraction of sp³-hybridized carbons (Fsp3) is 0.276. The molecule has 0 aliphatic carbocycles. The number of nitrogens with zero attached hydrogens (tertiary/aromatic N) is 2. The normalized spacial score (nSPS) is 12.6. The number of aliphatic carboxylic acids is 1. The van der Waals surface area contributed by atoms with Gasteiger partial charge in [-0.25, -0.2) is 4.79 Å². The lowest BCUT2D eigenvalue weighted by molar-refractivity contribution is -0.132. The summed E-state index contributed by atoms with van der Waals surface area (Å²) in [4.78, 5) is 14.9. The quantitative estimate of drug-likeness (QED) is 0.0525. The molecule has 0 radical (unpaired) electrons. The molecule has 1 aliphatic rings. The highest BCUT2D eigenvalue weighted by atomic mass is 32.1. The molecule has 0 amide bonds. The summed E-state index contributed by atoms with van der Waals surface area (Å²) in [5.74, 6) is 0.245. The van der Waals surface area contributed by atoms with Gasteiger partial charge in [-0.15, -0.1) is 22.7 Å². The van der Waals surface area contributed by atoms with E-state index < -0.39 is 5.97 Å². The first-order valence-electron chi connectivity index (χ1n) is 23.7. The van der Waals surface area contributed by atoms with Gasteiger partial charge in [-0.3, -0.25) is 0 Å². The number of thiophene rings is 2. The first-order chi connectivity index (χ1) is 32.4. The van der Waals surface area contributed by atoms with Crippen LogP contribution >= 0.6 is 22.7 Å². The van der Waals surface area contributed by atoms with Crippen LogP contribution in [0.2, 0.25) is 0 Å². The largest absolute Gasteiger partial charge is 0.492 e. The number of anilines is 2. The maximum absolute atomic E-state index is 12.5. The summed E-state index contributed by atoms with van der Waals surface area (Å²) < 4.78 is 18.5. The van der Waals surface area contributed by atoms with Gasteiger partial charge in [0.25, 0.3) is 0 Å². The second kappa shape index (κ2) is 20.4. The topological polar surface area (TPSA) is 82.8 Å². The molecule has 0 bridgehead atoms. The van der Waals surface area contributed by atoms with Gasteiger partial charge in [0.2, 0.25) is 0 Å². The summed E-state index contributed by atoms with van der Waals surface area (Å²) in [6.07, 6.45) is 11.9. The summed E-state index contributed by atoms with van der Waals surface area (Å²) in [6, 6.07) is 43.0. The van der Waals surface area contributed by atoms with Crippen LogP contribution in [0.15, 0.2) is 121 Å². The van der Waals surface area contributed by atoms with Crippen LogP contribution in [0.25, 0.3) is 69.0 Å². The Bertz CT molecular complexity index is 3100. The van der Waals surface area contributed by atoms with E-state index in [0.29, 0.717) is 24.5 Å². The van der Waals surface area contributed by atoms with E-state index in [-0.39, 0.29) is 5.57 Å². The van der Waals surface area contributed by atoms with Crippen molar-refractivity contribution in [1.82, 2.24) is 0 Å². The highest BCUT2D eigenvalue weighted by Crippen LogP contribution is 2.56. The van der Waals surface area contributed by atoms with Gasteiger partial charge in [0, 0.05) is 38.4 Å². The third-order valence-electron chi connectivity index (χ3n) is 12.8. The van der Waals surface area contributed by atoms with E-state index in [4.69, 9.17) is 9.47 Å². The van der Waals surface area contributed by atoms with Gasteiger partial charge in [0.15, 0.2) is 0 Å². The fourth-order valence-corrected chi connectivity index (χ4v) is 12.3. The number of rotatable bonds is 18. The number of hydrogen-bond donors (Lipinski definition) is 1. The molecule has 1 N–H and O–H groups in total. The Labute approximate surface area is 396 Å². The van der Waals surface area contributed by atoms with Crippen molar-refractivity contribution in [2.24, 2.45) is 0 Å². The van der Waals surface area contributed by atoms with E-state index in [2.05, 4.69) is 111 Å². The lowest BCUT2D eigenvalue weighted by Gasteiger charge is -2.26. The highest BCUT2D eigenvalue weighted by Gasteiger charge is 2.28. The number of carbonyl (C=O) groups is 1. The first-order valence-corrected chi connectivity index (χ1v) is 25.3. The molecule has 0 saturated heterocycles. The zero-order valence-electron chi connectivity index (χ0n) is 38.1. The number of fused-ring (bicyclic) bond motifs is 7. The molecule has 0 spiro atoms. The number of carboxylic acids is 1. The van der Waals surface area contributed by atoms with Crippen molar-refractivity contribution in [1.29, 1.82) is 5.26 Å². The molecule has 8 aromatic rings. The van der Waals surface area contributed by atoms with Gasteiger partial charge in [-0.2, -0.15) is 5.26 Å². The number of benzene rings is 6. The third kappa shape index (κ3) is 8.83. The molecule has 0 atom stereocenters. The highest BCUT2D eigenvalue weighted by molar-refractivity contribution is 7.36. The Morgan fingerprint density at radius 2 is 1.21 bits per heavy atom. The van der Waals surface area contributed by atoms with Gasteiger partial charge >= 0.3 is 5.97 Å². The number of carboxylic acid groups (broad SMARTS) is 1. The third-order valence-corrected chi connectivity index (χ3v) is 15.3. The van der Waals surface area contributed by atoms with E-state index in [1.54, 1.807) is 22.7 Å². The number of ether oxygens (including phenoxy) is 2. The molecular weight excluding hydrogens is 853 g/mol. The van der Waals surface area contributed by atoms with Crippen LogP contribution in [0.5, 0.6) is 11.5 Å². The smallest absolute Gasteiger partial charge is 0.346 e. The van der Waals surface area contributed by atoms with E-state index >= 15 is 0 Å². The summed E-state index contributed by atoms with van der Waals surface area (Å²) in [6.45, 7) is 8.60. The predicted molar refractivity (Wildman–Crippen MR) is 278 cm³/mol. The Morgan fingerprint density at radius 3 is 1.83 bits per heavy atom. The van der Waals surface area contributed by atoms with Crippen LogP contribution < -0.4 is 14.4 Å². The summed E-state index contributed by atoms with van der Waals surface area (Å²) in [5, 5.41) is 22.3. The zero-order chi connectivity index (χ0) is 45.6. The number of aryl methyl sites for hydroxylation is 2. The van der Waals surface area contributed by atoms with Crippen molar-refractivity contribution >= 4 is 75.7 Å². The van der Waals surface area contributed by atoms with E-state index in [9.17, 15) is 15.2 Å². The number of para-hydroxylation sites is 1. The second-order valence-corrected chi connectivity index (χ2v) is 19.2. The van der Waals surface area contributed by atoms with Crippen molar-refractivity contribution in [2.45, 2.75) is 85.0 Å². The fourth-order valence-electron chi connectivity index (χ4n) is 9.57. The van der Waals surface area contributed by atoms with Crippen molar-refractivity contribution in [3.05, 3.63) is 138 Å². The van der Waals surface area contributed by atoms with Crippen LogP contribution in [-0.4, -0.2) is 30.8 Å². The molecule has 9 rings (SSSR count). The standard InChI is InChI=1S/C58H56N2O4S2/c1-4-7-9-19-31-63-54-46(34-43(37-59)58(61)62)44(38-21-13-11-14-22-38)35-49-52(54)56-57(65-49)53-50(66-56)36-45(39-23-15-12-16-24-39)51(55(53)64-32-20-10-8-5-2)42-29-30-48-41(33-42)28-27-40-25-17-18-26-47(40)60(48)6-3/h11-18,21-26,29-30,33-36H,4-10,19-20,27-28,31-32H2,1-3H3,(H,61,62). The van der Waals surface area contributed by atoms with E-state index in [1.807, 2.05) is 36.4 Å². The van der Waals surface area contributed by atoms with Crippen LogP contribution in [0.1, 0.15) is 88.8 Å². The number of hydrogen-bond acceptors (Lipinski definition) is 7. The van der Waals surface area contributed by atoms with Gasteiger partial charge in [0.05, 0.1) is 33.4 Å². The SMILES string of the molecule is CCCCCCOc1c(C=C(C#N)C(=O)O)c(-c2ccccc2)cc2sc3c(sc4cc(-c5ccccc5)c(-c5ccc6c(c5)CCc5ccccc5N6CC)c(OCCCCCC)c43)c12. The average molecular weight is 909 g/mol. The van der Waals surface area contributed by atoms with Crippen molar-refractivity contribution in [3.63, 3.8) is 0 Å². The second-order valence-electron chi connectivity index (χ2n) is 17.1. The van der Waals surface area contributed by atoms with Crippen LogP contribution in [0, 0.1) is 11.3 Å². The van der Waals surface area contributed by atoms with Crippen molar-refractivity contribution < 1.29 is 19.4 Å². The molecule has 0 fully saturated rings. The van der Waals surface area contributed by atoms with Crippen molar-refractivity contribution in [2.75, 3.05) is 24.7 Å². The summed E-state index contributed by atoms with van der Waals surface area (Å²) >= 11 is 3.48. The summed E-state index contributed by atoms with van der Waals surface area (Å²) in [5.41, 5.74) is 11.7. The Kier molecular flexibility index (Phi) is 13.8. The summed E-state index contributed by atoms with van der Waals surface area (Å²) in [7, 11) is 0. The molecule has 0 saturated carbocycles. The lowest BCUT2D eigenvalue weighted by Crippen LogP contribution is -2.17. The van der Waals surface area contributed by atoms with Crippen LogP contribution in [0.4, 0.5) is 11.4 Å². The maximum Gasteiger partial charge on any atom is 0.346 e. The number of nitriles is 1. The van der Waals surface area contributed by atoms with Crippen molar-refractivity contribution in [3.8, 4) is 50.9 Å². The molecule has 6 aromatic carbocycles. The Hall–Kier alpha value is -6.40. The molecule has 1 aliphatic heterocycles. The molecular formula is C58H56N2O4S2. The molecule has 2 aromatic heterocycles. The minimum Gasteiger partial charge on any atom is -0.492 e. The predicted octanol–water partition coefficient (Wildman–Crippen LogP) is 16.4. The molecule has 8 heteroatoms. The van der Waals surface area contributed by atoms with Gasteiger partial charge in [-0.1, -0.05) is 137 Å². The lowest BCUT2D eigenvalue weighted by atomic mass is 9.90. The van der Waals surface area contributed by atoms with E-state index in [0.717, 1.165) is 139 Å². The first kappa shape index (κ1) is 44.8. The Morgan fingerprint density at radius 1 is 0.652 bits per heavy atom. The van der Waals surface area contributed by atoms with Gasteiger partial charge in [0.1, 0.15) is 23.1 Å². The van der Waals surface area contributed by atoms with Gasteiger partial charge < -0.3 is 19.5 Å². The Balaban J connectivity index is 1.34. The van der Waals surface area contributed by atoms with Crippen LogP contribution in [0.3, 0.4) is 0 Å². The average Bonchev–Trinajstić information content (AvgIpc) is 3.83. The number of unbranched alkanes of at least 4 members (excludes halogenated alkanes) is 6. The zero-order valence-corrected chi connectivity index (χ0v) is 39.8. The molecule has 6 nitrogen and oxygen atoms in total. The molecule has 66 heavy (non-hydrogen) atoms. The van der Waals surface area contributed by atoms with Gasteiger partial charge in [-0.05, 0) is 108 Å². The minimum absolute atomic E-state index is 0.340. The monoisotopic (exact) mass is 908 g/mol. The van der Waals surface area contributed by atoms with Crippen LogP contribution in [-0.2, 0) is 17.6 Å². The molecule has 3 heterocycles.